The second kappa shape index (κ2) is 5.22. The average Bonchev–Trinajstić information content (AvgIpc) is 2.83. The maximum atomic E-state index is 12.4. The molecule has 0 saturated heterocycles. The van der Waals surface area contributed by atoms with Gasteiger partial charge < -0.3 is 4.98 Å². The fraction of sp³-hybridized carbons (Fsp3) is 0. The molecule has 0 amide bonds. The number of hydrogen-bond donors (Lipinski definition) is 2. The van der Waals surface area contributed by atoms with Crippen LogP contribution in [0.4, 0.5) is 5.69 Å². The standard InChI is InChI=1S/C13H9Cl2N3O2S/c14-8-3-9(15)5-10(4-8)18-21(19,20)11-1-2-12-13(6-11)17-7-16-12/h1-7,18H,(H,16,17). The fourth-order valence-corrected chi connectivity index (χ4v) is 3.50. The van der Waals surface area contributed by atoms with Crippen molar-refractivity contribution in [1.82, 2.24) is 9.97 Å². The third-order valence-electron chi connectivity index (χ3n) is 2.82. The zero-order valence-electron chi connectivity index (χ0n) is 10.5. The van der Waals surface area contributed by atoms with E-state index in [-0.39, 0.29) is 4.90 Å². The van der Waals surface area contributed by atoms with E-state index in [1.807, 2.05) is 0 Å². The molecule has 0 spiro atoms. The van der Waals surface area contributed by atoms with Crippen molar-refractivity contribution in [3.63, 3.8) is 0 Å². The van der Waals surface area contributed by atoms with Crippen molar-refractivity contribution < 1.29 is 8.42 Å². The predicted molar refractivity (Wildman–Crippen MR) is 83.4 cm³/mol. The monoisotopic (exact) mass is 341 g/mol. The van der Waals surface area contributed by atoms with Gasteiger partial charge in [-0.05, 0) is 36.4 Å². The zero-order valence-corrected chi connectivity index (χ0v) is 12.8. The highest BCUT2D eigenvalue weighted by Crippen LogP contribution is 2.25. The molecule has 1 aromatic heterocycles. The molecule has 0 aliphatic rings. The van der Waals surface area contributed by atoms with Gasteiger partial charge in [0.25, 0.3) is 10.0 Å². The molecule has 5 nitrogen and oxygen atoms in total. The molecule has 108 valence electrons. The van der Waals surface area contributed by atoms with Crippen LogP contribution in [0.2, 0.25) is 10.0 Å². The Balaban J connectivity index is 1.99. The highest BCUT2D eigenvalue weighted by molar-refractivity contribution is 7.92. The smallest absolute Gasteiger partial charge is 0.261 e. The lowest BCUT2D eigenvalue weighted by Crippen LogP contribution is -2.12. The normalized spacial score (nSPS) is 11.7. The van der Waals surface area contributed by atoms with Crippen LogP contribution in [0.3, 0.4) is 0 Å². The molecule has 2 N–H and O–H groups in total. The number of anilines is 1. The Hall–Kier alpha value is -1.76. The fourth-order valence-electron chi connectivity index (χ4n) is 1.91. The van der Waals surface area contributed by atoms with E-state index in [2.05, 4.69) is 14.7 Å². The molecule has 0 aliphatic heterocycles. The van der Waals surface area contributed by atoms with Gasteiger partial charge in [-0.3, -0.25) is 4.72 Å². The van der Waals surface area contributed by atoms with Gasteiger partial charge in [-0.2, -0.15) is 0 Å². The number of benzene rings is 2. The van der Waals surface area contributed by atoms with Crippen molar-refractivity contribution >= 4 is 49.9 Å². The van der Waals surface area contributed by atoms with Gasteiger partial charge in [0, 0.05) is 10.0 Å². The SMILES string of the molecule is O=S(=O)(Nc1cc(Cl)cc(Cl)c1)c1ccc2nc[nH]c2c1. The summed E-state index contributed by atoms with van der Waals surface area (Å²) in [6, 6.07) is 9.12. The quantitative estimate of drug-likeness (QED) is 0.763. The van der Waals surface area contributed by atoms with E-state index in [9.17, 15) is 8.42 Å². The molecule has 2 aromatic carbocycles. The summed E-state index contributed by atoms with van der Waals surface area (Å²) in [6.45, 7) is 0. The number of aromatic amines is 1. The van der Waals surface area contributed by atoms with Gasteiger partial charge in [-0.25, -0.2) is 13.4 Å². The second-order valence-electron chi connectivity index (χ2n) is 4.35. The van der Waals surface area contributed by atoms with Crippen LogP contribution in [-0.2, 0) is 10.0 Å². The molecule has 0 unspecified atom stereocenters. The predicted octanol–water partition coefficient (Wildman–Crippen LogP) is 3.67. The first-order valence-corrected chi connectivity index (χ1v) is 8.10. The molecule has 8 heteroatoms. The van der Waals surface area contributed by atoms with Crippen LogP contribution in [-0.4, -0.2) is 18.4 Å². The molecule has 0 aliphatic carbocycles. The highest BCUT2D eigenvalue weighted by Gasteiger charge is 2.15. The maximum absolute atomic E-state index is 12.4. The molecule has 3 aromatic rings. The maximum Gasteiger partial charge on any atom is 0.261 e. The third kappa shape index (κ3) is 2.97. The Labute approximate surface area is 131 Å². The summed E-state index contributed by atoms with van der Waals surface area (Å²) < 4.78 is 27.2. The van der Waals surface area contributed by atoms with E-state index < -0.39 is 10.0 Å². The van der Waals surface area contributed by atoms with Crippen molar-refractivity contribution in [2.24, 2.45) is 0 Å². The molecule has 0 bridgehead atoms. The topological polar surface area (TPSA) is 74.8 Å². The highest BCUT2D eigenvalue weighted by atomic mass is 35.5. The molecule has 21 heavy (non-hydrogen) atoms. The molecule has 3 rings (SSSR count). The van der Waals surface area contributed by atoms with Crippen LogP contribution in [0.25, 0.3) is 11.0 Å². The lowest BCUT2D eigenvalue weighted by atomic mass is 10.3. The summed E-state index contributed by atoms with van der Waals surface area (Å²) >= 11 is 11.7. The summed E-state index contributed by atoms with van der Waals surface area (Å²) in [5, 5.41) is 0.702. The first kappa shape index (κ1) is 14.2. The molecule has 0 fully saturated rings. The van der Waals surface area contributed by atoms with Gasteiger partial charge in [-0.1, -0.05) is 23.2 Å². The van der Waals surface area contributed by atoms with E-state index in [0.29, 0.717) is 26.8 Å². The minimum absolute atomic E-state index is 0.121. The van der Waals surface area contributed by atoms with Crippen LogP contribution in [0.5, 0.6) is 0 Å². The van der Waals surface area contributed by atoms with E-state index in [4.69, 9.17) is 23.2 Å². The van der Waals surface area contributed by atoms with Crippen molar-refractivity contribution in [2.75, 3.05) is 4.72 Å². The molecule has 1 heterocycles. The Morgan fingerprint density at radius 1 is 1.05 bits per heavy atom. The largest absolute Gasteiger partial charge is 0.345 e. The Morgan fingerprint density at radius 2 is 1.76 bits per heavy atom. The number of H-pyrrole nitrogens is 1. The molecular weight excluding hydrogens is 333 g/mol. The molecule has 0 atom stereocenters. The van der Waals surface area contributed by atoms with Gasteiger partial charge in [0.1, 0.15) is 0 Å². The van der Waals surface area contributed by atoms with Crippen molar-refractivity contribution in [1.29, 1.82) is 0 Å². The minimum Gasteiger partial charge on any atom is -0.345 e. The summed E-state index contributed by atoms with van der Waals surface area (Å²) in [7, 11) is -3.73. The zero-order chi connectivity index (χ0) is 15.0. The van der Waals surface area contributed by atoms with Crippen molar-refractivity contribution in [3.8, 4) is 0 Å². The van der Waals surface area contributed by atoms with Gasteiger partial charge in [0.05, 0.1) is 27.9 Å². The summed E-state index contributed by atoms with van der Waals surface area (Å²) in [5.74, 6) is 0. The molecule has 0 radical (unpaired) electrons. The van der Waals surface area contributed by atoms with Crippen LogP contribution in [0.1, 0.15) is 0 Å². The van der Waals surface area contributed by atoms with Gasteiger partial charge in [-0.15, -0.1) is 0 Å². The first-order valence-electron chi connectivity index (χ1n) is 5.86. The number of aromatic nitrogens is 2. The van der Waals surface area contributed by atoms with Gasteiger partial charge >= 0.3 is 0 Å². The summed E-state index contributed by atoms with van der Waals surface area (Å²) in [5.41, 5.74) is 1.64. The summed E-state index contributed by atoms with van der Waals surface area (Å²) in [6.07, 6.45) is 1.51. The summed E-state index contributed by atoms with van der Waals surface area (Å²) in [4.78, 5) is 7.03. The number of fused-ring (bicyclic) bond motifs is 1. The van der Waals surface area contributed by atoms with Crippen LogP contribution >= 0.6 is 23.2 Å². The lowest BCUT2D eigenvalue weighted by Gasteiger charge is -2.09. The van der Waals surface area contributed by atoms with E-state index >= 15 is 0 Å². The average molecular weight is 342 g/mol. The number of imidazole rings is 1. The minimum atomic E-state index is -3.73. The van der Waals surface area contributed by atoms with Gasteiger partial charge in [0.2, 0.25) is 0 Å². The number of sulfonamides is 1. The Kier molecular flexibility index (Phi) is 3.52. The lowest BCUT2D eigenvalue weighted by molar-refractivity contribution is 0.601. The Bertz CT molecular complexity index is 902. The molecular formula is C13H9Cl2N3O2S. The van der Waals surface area contributed by atoms with Crippen molar-refractivity contribution in [2.45, 2.75) is 4.90 Å². The first-order chi connectivity index (χ1) is 9.94. The van der Waals surface area contributed by atoms with E-state index in [1.54, 1.807) is 6.07 Å². The second-order valence-corrected chi connectivity index (χ2v) is 6.90. The molecule has 0 saturated carbocycles. The number of halogens is 2. The number of nitrogens with one attached hydrogen (secondary N) is 2. The van der Waals surface area contributed by atoms with Crippen molar-refractivity contribution in [3.05, 3.63) is 52.8 Å². The Morgan fingerprint density at radius 3 is 2.48 bits per heavy atom. The van der Waals surface area contributed by atoms with E-state index in [1.165, 1.54) is 36.7 Å². The van der Waals surface area contributed by atoms with Crippen LogP contribution in [0, 0.1) is 0 Å². The van der Waals surface area contributed by atoms with E-state index in [0.717, 1.165) is 0 Å². The third-order valence-corrected chi connectivity index (χ3v) is 4.63. The number of hydrogen-bond acceptors (Lipinski definition) is 3. The van der Waals surface area contributed by atoms with Crippen LogP contribution in [0.15, 0.2) is 47.6 Å². The number of nitrogens with zero attached hydrogens (tertiary/aromatic N) is 1. The van der Waals surface area contributed by atoms with Crippen LogP contribution < -0.4 is 4.72 Å². The van der Waals surface area contributed by atoms with Gasteiger partial charge in [0.15, 0.2) is 0 Å². The number of rotatable bonds is 3.